The van der Waals surface area contributed by atoms with Crippen LogP contribution in [0.15, 0.2) is 72.9 Å². The fraction of sp³-hybridized carbons (Fsp3) is 0.258. The molecule has 10 heteroatoms. The molecule has 1 N–H and O–H groups in total. The van der Waals surface area contributed by atoms with Crippen LogP contribution >= 0.6 is 23.8 Å². The average molecular weight is 591 g/mol. The van der Waals surface area contributed by atoms with Gasteiger partial charge in [0.25, 0.3) is 0 Å². The fourth-order valence-electron chi connectivity index (χ4n) is 5.31. The number of esters is 1. The molecule has 2 atom stereocenters. The Morgan fingerprint density at radius 1 is 1.02 bits per heavy atom. The predicted octanol–water partition coefficient (Wildman–Crippen LogP) is 6.13. The molecule has 1 saturated heterocycles. The Bertz CT molecular complexity index is 1580. The molecule has 2 aromatic carbocycles. The van der Waals surface area contributed by atoms with E-state index in [0.29, 0.717) is 34.7 Å². The van der Waals surface area contributed by atoms with Crippen LogP contribution < -0.4 is 15.0 Å². The Labute approximate surface area is 249 Å². The number of hydrogen-bond donors (Lipinski definition) is 1. The maximum atomic E-state index is 12.2. The third-order valence-corrected chi connectivity index (χ3v) is 7.76. The van der Waals surface area contributed by atoms with Crippen molar-refractivity contribution in [3.8, 4) is 11.4 Å². The third-order valence-electron chi connectivity index (χ3n) is 7.15. The molecule has 1 aliphatic rings. The van der Waals surface area contributed by atoms with Gasteiger partial charge in [-0.25, -0.2) is 4.79 Å². The Morgan fingerprint density at radius 3 is 2.56 bits per heavy atom. The summed E-state index contributed by atoms with van der Waals surface area (Å²) in [6.45, 7) is 4.98. The minimum atomic E-state index is -0.382. The van der Waals surface area contributed by atoms with E-state index in [-0.39, 0.29) is 18.1 Å². The van der Waals surface area contributed by atoms with Crippen LogP contribution in [0.5, 0.6) is 5.75 Å². The summed E-state index contributed by atoms with van der Waals surface area (Å²) in [4.78, 5) is 19.0. The molecule has 3 heterocycles. The summed E-state index contributed by atoms with van der Waals surface area (Å²) in [7, 11) is 3.01. The molecule has 0 amide bonds. The Morgan fingerprint density at radius 2 is 1.85 bits per heavy atom. The summed E-state index contributed by atoms with van der Waals surface area (Å²) >= 11 is 12.6. The lowest BCUT2D eigenvalue weighted by molar-refractivity contribution is 0.0600. The molecule has 4 aromatic rings. The van der Waals surface area contributed by atoms with Crippen molar-refractivity contribution in [3.05, 3.63) is 106 Å². The van der Waals surface area contributed by atoms with E-state index in [1.165, 1.54) is 7.11 Å². The Hall–Kier alpha value is -3.92. The number of nitrogens with one attached hydrogen (secondary N) is 1. The van der Waals surface area contributed by atoms with Crippen molar-refractivity contribution < 1.29 is 19.0 Å². The van der Waals surface area contributed by atoms with Crippen molar-refractivity contribution in [1.82, 2.24) is 14.9 Å². The number of halogens is 1. The van der Waals surface area contributed by atoms with Gasteiger partial charge in [0.1, 0.15) is 12.4 Å². The van der Waals surface area contributed by atoms with Gasteiger partial charge < -0.3 is 29.0 Å². The molecular weight excluding hydrogens is 560 g/mol. The SMILES string of the molecule is COCCOc1ccc(N2C(=S)N[C@@H](c3ccccn3)[C@H]2c2cc(C)n(-c3cccc(C(=O)OC)c3)c2C)cc1Cl. The number of anilines is 1. The van der Waals surface area contributed by atoms with Gasteiger partial charge in [0.15, 0.2) is 5.11 Å². The van der Waals surface area contributed by atoms with Crippen LogP contribution in [0.4, 0.5) is 5.69 Å². The monoisotopic (exact) mass is 590 g/mol. The first-order chi connectivity index (χ1) is 19.8. The highest BCUT2D eigenvalue weighted by atomic mass is 35.5. The minimum Gasteiger partial charge on any atom is -0.490 e. The van der Waals surface area contributed by atoms with Gasteiger partial charge in [0.05, 0.1) is 42.1 Å². The van der Waals surface area contributed by atoms with Gasteiger partial charge >= 0.3 is 5.97 Å². The minimum absolute atomic E-state index is 0.226. The van der Waals surface area contributed by atoms with Crippen molar-refractivity contribution >= 4 is 40.6 Å². The number of ether oxygens (including phenoxy) is 3. The fourth-order valence-corrected chi connectivity index (χ4v) is 5.89. The van der Waals surface area contributed by atoms with Gasteiger partial charge in [0, 0.05) is 36.1 Å². The van der Waals surface area contributed by atoms with Crippen LogP contribution in [-0.2, 0) is 9.47 Å². The predicted molar refractivity (Wildman–Crippen MR) is 163 cm³/mol. The first-order valence-electron chi connectivity index (χ1n) is 13.1. The van der Waals surface area contributed by atoms with Crippen molar-refractivity contribution in [3.63, 3.8) is 0 Å². The van der Waals surface area contributed by atoms with Crippen molar-refractivity contribution in [2.24, 2.45) is 0 Å². The highest BCUT2D eigenvalue weighted by Gasteiger charge is 2.42. The van der Waals surface area contributed by atoms with E-state index in [9.17, 15) is 4.79 Å². The lowest BCUT2D eigenvalue weighted by Crippen LogP contribution is -2.29. The molecule has 2 aromatic heterocycles. The van der Waals surface area contributed by atoms with Crippen LogP contribution in [0.1, 0.15) is 45.1 Å². The number of pyridine rings is 1. The van der Waals surface area contributed by atoms with Crippen LogP contribution in [-0.4, -0.2) is 48.1 Å². The van der Waals surface area contributed by atoms with E-state index >= 15 is 0 Å². The van der Waals surface area contributed by atoms with Gasteiger partial charge in [-0.3, -0.25) is 4.98 Å². The first kappa shape index (κ1) is 28.6. The van der Waals surface area contributed by atoms with Crippen LogP contribution in [0, 0.1) is 13.8 Å². The molecule has 1 fully saturated rings. The first-order valence-corrected chi connectivity index (χ1v) is 13.9. The largest absolute Gasteiger partial charge is 0.490 e. The van der Waals surface area contributed by atoms with Gasteiger partial charge in [-0.2, -0.15) is 0 Å². The zero-order valence-corrected chi connectivity index (χ0v) is 24.8. The average Bonchev–Trinajstić information content (AvgIpc) is 3.48. The Balaban J connectivity index is 1.60. The summed E-state index contributed by atoms with van der Waals surface area (Å²) < 4.78 is 17.9. The second-order valence-corrected chi connectivity index (χ2v) is 10.5. The number of methoxy groups -OCH3 is 2. The maximum absolute atomic E-state index is 12.2. The molecule has 41 heavy (non-hydrogen) atoms. The molecule has 8 nitrogen and oxygen atoms in total. The number of hydrogen-bond acceptors (Lipinski definition) is 6. The summed E-state index contributed by atoms with van der Waals surface area (Å²) in [6, 6.07) is 20.6. The molecule has 212 valence electrons. The van der Waals surface area contributed by atoms with Gasteiger partial charge in [-0.05, 0) is 86.2 Å². The molecule has 0 unspecified atom stereocenters. The number of thiocarbonyl (C=S) groups is 1. The molecule has 0 aliphatic carbocycles. The number of carbonyl (C=O) groups excluding carboxylic acids is 1. The van der Waals surface area contributed by atoms with Gasteiger partial charge in [0.2, 0.25) is 0 Å². The molecule has 0 bridgehead atoms. The van der Waals surface area contributed by atoms with Crippen molar-refractivity contribution in [2.75, 3.05) is 32.3 Å². The topological polar surface area (TPSA) is 77.9 Å². The molecule has 1 aliphatic heterocycles. The highest BCUT2D eigenvalue weighted by molar-refractivity contribution is 7.80. The number of rotatable bonds is 9. The summed E-state index contributed by atoms with van der Waals surface area (Å²) in [5.41, 5.74) is 6.13. The number of nitrogens with zero attached hydrogens (tertiary/aromatic N) is 3. The van der Waals surface area contributed by atoms with E-state index in [0.717, 1.165) is 34.0 Å². The smallest absolute Gasteiger partial charge is 0.337 e. The van der Waals surface area contributed by atoms with E-state index in [1.807, 2.05) is 61.5 Å². The van der Waals surface area contributed by atoms with Crippen molar-refractivity contribution in [1.29, 1.82) is 0 Å². The molecular formula is C31H31ClN4O4S. The molecule has 5 rings (SSSR count). The van der Waals surface area contributed by atoms with E-state index < -0.39 is 0 Å². The zero-order valence-electron chi connectivity index (χ0n) is 23.3. The second kappa shape index (κ2) is 12.3. The standard InChI is InChI=1S/C31H31ClN4O4S/c1-19-16-24(20(2)35(19)22-9-7-8-21(17-22)30(37)39-4)29-28(26-10-5-6-13-33-26)34-31(41)36(29)23-11-12-27(25(32)18-23)40-15-14-38-3/h5-13,16-18,28-29H,14-15H2,1-4H3,(H,34,41)/t28-,29+/m0/s1. The quantitative estimate of drug-likeness (QED) is 0.142. The number of carbonyl (C=O) groups is 1. The Kier molecular flexibility index (Phi) is 8.58. The number of aryl methyl sites for hydroxylation is 1. The number of aromatic nitrogens is 2. The molecule has 0 spiro atoms. The zero-order chi connectivity index (χ0) is 29.1. The van der Waals surface area contributed by atoms with E-state index in [2.05, 4.69) is 32.8 Å². The van der Waals surface area contributed by atoms with E-state index in [4.69, 9.17) is 38.0 Å². The lowest BCUT2D eigenvalue weighted by Gasteiger charge is -2.28. The second-order valence-electron chi connectivity index (χ2n) is 9.66. The van der Waals surface area contributed by atoms with Crippen LogP contribution in [0.2, 0.25) is 5.02 Å². The lowest BCUT2D eigenvalue weighted by atomic mass is 9.96. The third kappa shape index (κ3) is 5.66. The van der Waals surface area contributed by atoms with Crippen LogP contribution in [0.25, 0.3) is 5.69 Å². The summed E-state index contributed by atoms with van der Waals surface area (Å²) in [6.07, 6.45) is 1.78. The maximum Gasteiger partial charge on any atom is 0.337 e. The normalized spacial score (nSPS) is 16.5. The van der Waals surface area contributed by atoms with Gasteiger partial charge in [-0.1, -0.05) is 23.7 Å². The summed E-state index contributed by atoms with van der Waals surface area (Å²) in [5.74, 6) is 0.194. The summed E-state index contributed by atoms with van der Waals surface area (Å²) in [5, 5.41) is 4.54. The molecule has 0 saturated carbocycles. The van der Waals surface area contributed by atoms with Crippen molar-refractivity contribution in [2.45, 2.75) is 25.9 Å². The van der Waals surface area contributed by atoms with Gasteiger partial charge in [-0.15, -0.1) is 0 Å². The molecule has 0 radical (unpaired) electrons. The highest BCUT2D eigenvalue weighted by Crippen LogP contribution is 2.45. The number of benzene rings is 2. The van der Waals surface area contributed by atoms with Crippen LogP contribution in [0.3, 0.4) is 0 Å². The van der Waals surface area contributed by atoms with E-state index in [1.54, 1.807) is 19.4 Å².